The van der Waals surface area contributed by atoms with Crippen LogP contribution >= 0.6 is 0 Å². The van der Waals surface area contributed by atoms with E-state index in [0.717, 1.165) is 18.8 Å². The van der Waals surface area contributed by atoms with E-state index in [1.165, 1.54) is 31.1 Å². The molecule has 0 spiro atoms. The van der Waals surface area contributed by atoms with Crippen molar-refractivity contribution in [2.24, 2.45) is 5.73 Å². The van der Waals surface area contributed by atoms with Crippen LogP contribution in [-0.2, 0) is 6.54 Å². The van der Waals surface area contributed by atoms with Gasteiger partial charge in [-0.15, -0.1) is 0 Å². The lowest BCUT2D eigenvalue weighted by atomic mass is 10.1. The minimum Gasteiger partial charge on any atom is -0.384 e. The van der Waals surface area contributed by atoms with E-state index in [2.05, 4.69) is 32.3 Å². The Morgan fingerprint density at radius 1 is 1.17 bits per heavy atom. The Kier molecular flexibility index (Phi) is 5.26. The Morgan fingerprint density at radius 2 is 1.87 bits per heavy atom. The average Bonchev–Trinajstić information content (AvgIpc) is 2.75. The van der Waals surface area contributed by atoms with Crippen molar-refractivity contribution in [1.82, 2.24) is 14.5 Å². The van der Waals surface area contributed by atoms with Gasteiger partial charge >= 0.3 is 0 Å². The van der Waals surface area contributed by atoms with E-state index in [1.807, 2.05) is 19.1 Å². The second-order valence-corrected chi connectivity index (χ2v) is 7.35. The third-order valence-corrected chi connectivity index (χ3v) is 5.45. The standard InChI is InChI=1S/C21H25N7O2/c1-2-28-18(22)16(19(23)30)17(29)15-12-24-21(26-20(15)28)25-13-6-8-14(9-7-13)27-10-4-3-5-11-27/h6-9,12H,2-5,10-11,22H2,1H3,(H2,23,30)(H,24,25,26). The van der Waals surface area contributed by atoms with Crippen LogP contribution in [0.3, 0.4) is 0 Å². The number of amides is 1. The number of fused-ring (bicyclic) bond motifs is 1. The summed E-state index contributed by atoms with van der Waals surface area (Å²) in [5.74, 6) is -0.517. The molecule has 2 aromatic heterocycles. The number of aryl methyl sites for hydroxylation is 1. The summed E-state index contributed by atoms with van der Waals surface area (Å²) in [6, 6.07) is 8.12. The van der Waals surface area contributed by atoms with Gasteiger partial charge in [0.05, 0.1) is 5.39 Å². The molecule has 1 aliphatic heterocycles. The molecule has 3 heterocycles. The van der Waals surface area contributed by atoms with Crippen LogP contribution in [0.15, 0.2) is 35.3 Å². The Labute approximate surface area is 173 Å². The van der Waals surface area contributed by atoms with Gasteiger partial charge in [-0.3, -0.25) is 9.59 Å². The molecule has 3 aromatic rings. The summed E-state index contributed by atoms with van der Waals surface area (Å²) in [5.41, 5.74) is 13.0. The molecule has 1 fully saturated rings. The second-order valence-electron chi connectivity index (χ2n) is 7.35. The molecular formula is C21H25N7O2. The van der Waals surface area contributed by atoms with Gasteiger partial charge in [0.1, 0.15) is 11.4 Å². The van der Waals surface area contributed by atoms with E-state index in [0.29, 0.717) is 18.1 Å². The third-order valence-electron chi connectivity index (χ3n) is 5.45. The van der Waals surface area contributed by atoms with Crippen LogP contribution in [0.4, 0.5) is 23.1 Å². The van der Waals surface area contributed by atoms with Crippen LogP contribution < -0.4 is 27.1 Å². The lowest BCUT2D eigenvalue weighted by Crippen LogP contribution is -2.29. The van der Waals surface area contributed by atoms with Crippen molar-refractivity contribution < 1.29 is 4.79 Å². The largest absolute Gasteiger partial charge is 0.384 e. The van der Waals surface area contributed by atoms with Gasteiger partial charge in [-0.25, -0.2) is 4.98 Å². The molecular weight excluding hydrogens is 382 g/mol. The van der Waals surface area contributed by atoms with E-state index in [9.17, 15) is 9.59 Å². The summed E-state index contributed by atoms with van der Waals surface area (Å²) in [6.45, 7) is 4.44. The fourth-order valence-corrected chi connectivity index (χ4v) is 3.89. The van der Waals surface area contributed by atoms with Gasteiger partial charge in [0.2, 0.25) is 11.4 Å². The summed E-state index contributed by atoms with van der Waals surface area (Å²) in [7, 11) is 0. The average molecular weight is 407 g/mol. The number of piperidine rings is 1. The fraction of sp³-hybridized carbons (Fsp3) is 0.333. The number of nitrogen functional groups attached to an aromatic ring is 1. The van der Waals surface area contributed by atoms with Gasteiger partial charge in [-0.05, 0) is 50.5 Å². The van der Waals surface area contributed by atoms with Crippen molar-refractivity contribution in [3.8, 4) is 0 Å². The number of hydrogen-bond acceptors (Lipinski definition) is 7. The van der Waals surface area contributed by atoms with E-state index >= 15 is 0 Å². The van der Waals surface area contributed by atoms with E-state index in [1.54, 1.807) is 4.57 Å². The summed E-state index contributed by atoms with van der Waals surface area (Å²) in [4.78, 5) is 35.4. The van der Waals surface area contributed by atoms with E-state index < -0.39 is 11.3 Å². The molecule has 156 valence electrons. The highest BCUT2D eigenvalue weighted by Gasteiger charge is 2.20. The third kappa shape index (κ3) is 3.54. The molecule has 1 saturated heterocycles. The topological polar surface area (TPSA) is 132 Å². The smallest absolute Gasteiger partial charge is 0.256 e. The predicted octanol–water partition coefficient (Wildman–Crippen LogP) is 2.23. The number of carbonyl (C=O) groups excluding carboxylic acids is 1. The number of nitrogens with one attached hydrogen (secondary N) is 1. The summed E-state index contributed by atoms with van der Waals surface area (Å²) in [6.07, 6.45) is 5.15. The minimum absolute atomic E-state index is 0.0121. The molecule has 0 aliphatic carbocycles. The van der Waals surface area contributed by atoms with Crippen molar-refractivity contribution in [2.45, 2.75) is 32.7 Å². The first-order chi connectivity index (χ1) is 14.5. The molecule has 0 unspecified atom stereocenters. The number of carbonyl (C=O) groups is 1. The van der Waals surface area contributed by atoms with Crippen LogP contribution in [0.5, 0.6) is 0 Å². The summed E-state index contributed by atoms with van der Waals surface area (Å²) in [5, 5.41) is 3.37. The first-order valence-electron chi connectivity index (χ1n) is 10.1. The Bertz CT molecular complexity index is 1150. The Hall–Kier alpha value is -3.62. The molecule has 5 N–H and O–H groups in total. The summed E-state index contributed by atoms with van der Waals surface area (Å²) >= 11 is 0. The fourth-order valence-electron chi connectivity index (χ4n) is 3.89. The Morgan fingerprint density at radius 3 is 2.50 bits per heavy atom. The number of rotatable bonds is 5. The molecule has 30 heavy (non-hydrogen) atoms. The first kappa shape index (κ1) is 19.7. The number of hydrogen-bond donors (Lipinski definition) is 3. The van der Waals surface area contributed by atoms with Gasteiger partial charge < -0.3 is 26.3 Å². The normalized spacial score (nSPS) is 14.1. The zero-order chi connectivity index (χ0) is 21.3. The highest BCUT2D eigenvalue weighted by Crippen LogP contribution is 2.24. The van der Waals surface area contributed by atoms with Crippen LogP contribution in [0, 0.1) is 0 Å². The maximum Gasteiger partial charge on any atom is 0.256 e. The van der Waals surface area contributed by atoms with E-state index in [-0.39, 0.29) is 16.8 Å². The lowest BCUT2D eigenvalue weighted by Gasteiger charge is -2.28. The van der Waals surface area contributed by atoms with Gasteiger partial charge in [0.15, 0.2) is 5.65 Å². The quantitative estimate of drug-likeness (QED) is 0.591. The van der Waals surface area contributed by atoms with Crippen molar-refractivity contribution in [3.05, 3.63) is 46.2 Å². The van der Waals surface area contributed by atoms with Crippen LogP contribution in [-0.4, -0.2) is 33.5 Å². The minimum atomic E-state index is -0.863. The van der Waals surface area contributed by atoms with Crippen molar-refractivity contribution in [3.63, 3.8) is 0 Å². The number of primary amides is 1. The molecule has 9 nitrogen and oxygen atoms in total. The molecule has 9 heteroatoms. The predicted molar refractivity (Wildman–Crippen MR) is 118 cm³/mol. The lowest BCUT2D eigenvalue weighted by molar-refractivity contribution is 0.1000. The van der Waals surface area contributed by atoms with Crippen molar-refractivity contribution in [1.29, 1.82) is 0 Å². The highest BCUT2D eigenvalue weighted by atomic mass is 16.2. The van der Waals surface area contributed by atoms with Crippen LogP contribution in [0.25, 0.3) is 11.0 Å². The first-order valence-corrected chi connectivity index (χ1v) is 10.1. The highest BCUT2D eigenvalue weighted by molar-refractivity contribution is 6.00. The zero-order valence-corrected chi connectivity index (χ0v) is 16.9. The monoisotopic (exact) mass is 407 g/mol. The number of aromatic nitrogens is 3. The number of nitrogens with two attached hydrogens (primary N) is 2. The van der Waals surface area contributed by atoms with Gasteiger partial charge in [0, 0.05) is 37.2 Å². The van der Waals surface area contributed by atoms with Gasteiger partial charge in [-0.2, -0.15) is 4.98 Å². The Balaban J connectivity index is 1.66. The molecule has 0 radical (unpaired) electrons. The molecule has 4 rings (SSSR count). The van der Waals surface area contributed by atoms with Gasteiger partial charge in [-0.1, -0.05) is 0 Å². The molecule has 0 atom stereocenters. The molecule has 1 amide bonds. The molecule has 0 saturated carbocycles. The maximum atomic E-state index is 12.6. The number of benzene rings is 1. The molecule has 0 bridgehead atoms. The second kappa shape index (κ2) is 8.02. The van der Waals surface area contributed by atoms with Gasteiger partial charge in [0.25, 0.3) is 5.91 Å². The van der Waals surface area contributed by atoms with Crippen molar-refractivity contribution >= 4 is 40.1 Å². The number of anilines is 4. The molecule has 1 aliphatic rings. The number of pyridine rings is 1. The summed E-state index contributed by atoms with van der Waals surface area (Å²) < 4.78 is 1.59. The van der Waals surface area contributed by atoms with Crippen molar-refractivity contribution in [2.75, 3.05) is 29.0 Å². The zero-order valence-electron chi connectivity index (χ0n) is 16.9. The van der Waals surface area contributed by atoms with Crippen LogP contribution in [0.2, 0.25) is 0 Å². The van der Waals surface area contributed by atoms with Crippen LogP contribution in [0.1, 0.15) is 36.5 Å². The maximum absolute atomic E-state index is 12.6. The molecule has 1 aromatic carbocycles. The SMILES string of the molecule is CCn1c(N)c(C(N)=O)c(=O)c2cnc(Nc3ccc(N4CCCCC4)cc3)nc21. The number of nitrogens with zero attached hydrogens (tertiary/aromatic N) is 4. The van der Waals surface area contributed by atoms with E-state index in [4.69, 9.17) is 11.5 Å².